The molecule has 120 valence electrons. The number of carbonyl (C=O) groups is 2. The summed E-state index contributed by atoms with van der Waals surface area (Å²) in [7, 11) is 0. The normalized spacial score (nSPS) is 10.3. The zero-order chi connectivity index (χ0) is 17.0. The van der Waals surface area contributed by atoms with Crippen molar-refractivity contribution >= 4 is 34.8 Å². The fraction of sp³-hybridized carbons (Fsp3) is 0.125. The van der Waals surface area contributed by atoms with Crippen LogP contribution < -0.4 is 10.6 Å². The minimum Gasteiger partial charge on any atom is -0.326 e. The van der Waals surface area contributed by atoms with Crippen molar-refractivity contribution in [3.63, 3.8) is 0 Å². The van der Waals surface area contributed by atoms with Crippen molar-refractivity contribution in [2.24, 2.45) is 0 Å². The van der Waals surface area contributed by atoms with E-state index in [1.165, 1.54) is 6.07 Å². The third-order valence-electron chi connectivity index (χ3n) is 3.00. The molecule has 0 radical (unpaired) electrons. The Balaban J connectivity index is 1.95. The van der Waals surface area contributed by atoms with Crippen LogP contribution in [0.1, 0.15) is 12.0 Å². The summed E-state index contributed by atoms with van der Waals surface area (Å²) in [6, 6.07) is 7.92. The van der Waals surface area contributed by atoms with Crippen LogP contribution in [0.4, 0.5) is 20.2 Å². The minimum absolute atomic E-state index is 0.0700. The Labute approximate surface area is 136 Å². The molecular formula is C16H13ClF2N2O2. The highest BCUT2D eigenvalue weighted by atomic mass is 35.5. The van der Waals surface area contributed by atoms with Gasteiger partial charge in [-0.2, -0.15) is 0 Å². The first-order chi connectivity index (χ1) is 10.8. The van der Waals surface area contributed by atoms with Crippen LogP contribution in [0.5, 0.6) is 0 Å². The number of hydrogen-bond acceptors (Lipinski definition) is 2. The van der Waals surface area contributed by atoms with Crippen LogP contribution in [-0.2, 0) is 9.59 Å². The van der Waals surface area contributed by atoms with Crippen LogP contribution in [0.25, 0.3) is 0 Å². The molecule has 0 aliphatic heterocycles. The van der Waals surface area contributed by atoms with Gasteiger partial charge in [-0.3, -0.25) is 9.59 Å². The molecule has 0 saturated carbocycles. The van der Waals surface area contributed by atoms with E-state index in [9.17, 15) is 18.4 Å². The molecule has 4 nitrogen and oxygen atoms in total. The average Bonchev–Trinajstić information content (AvgIpc) is 2.46. The van der Waals surface area contributed by atoms with E-state index in [1.807, 2.05) is 0 Å². The van der Waals surface area contributed by atoms with E-state index in [-0.39, 0.29) is 5.69 Å². The average molecular weight is 339 g/mol. The predicted octanol–water partition coefficient (Wildman–Crippen LogP) is 3.89. The van der Waals surface area contributed by atoms with Gasteiger partial charge < -0.3 is 10.6 Å². The Kier molecular flexibility index (Phi) is 5.28. The number of benzene rings is 2. The molecule has 0 bridgehead atoms. The summed E-state index contributed by atoms with van der Waals surface area (Å²) in [6.07, 6.45) is -0.467. The molecule has 2 amide bonds. The second kappa shape index (κ2) is 7.19. The maximum atomic E-state index is 13.0. The molecule has 0 fully saturated rings. The van der Waals surface area contributed by atoms with E-state index in [2.05, 4.69) is 10.6 Å². The van der Waals surface area contributed by atoms with Crippen molar-refractivity contribution in [2.75, 3.05) is 10.6 Å². The number of carbonyl (C=O) groups excluding carboxylic acids is 2. The smallest absolute Gasteiger partial charge is 0.233 e. The summed E-state index contributed by atoms with van der Waals surface area (Å²) in [5.74, 6) is -3.29. The lowest BCUT2D eigenvalue weighted by Gasteiger charge is -2.09. The van der Waals surface area contributed by atoms with Crippen LogP contribution >= 0.6 is 11.6 Å². The van der Waals surface area contributed by atoms with Crippen LogP contribution in [-0.4, -0.2) is 11.8 Å². The lowest BCUT2D eigenvalue weighted by atomic mass is 10.2. The molecule has 0 unspecified atom stereocenters. The number of anilines is 2. The van der Waals surface area contributed by atoms with Gasteiger partial charge in [-0.1, -0.05) is 17.7 Å². The van der Waals surface area contributed by atoms with Gasteiger partial charge in [0.2, 0.25) is 11.8 Å². The van der Waals surface area contributed by atoms with Gasteiger partial charge >= 0.3 is 0 Å². The van der Waals surface area contributed by atoms with Crippen molar-refractivity contribution in [1.82, 2.24) is 0 Å². The van der Waals surface area contributed by atoms with E-state index < -0.39 is 29.9 Å². The SMILES string of the molecule is Cc1ccc(Cl)cc1NC(=O)CC(=O)Nc1ccc(F)c(F)c1. The lowest BCUT2D eigenvalue weighted by Crippen LogP contribution is -2.21. The van der Waals surface area contributed by atoms with E-state index in [4.69, 9.17) is 11.6 Å². The van der Waals surface area contributed by atoms with Gasteiger partial charge in [0.1, 0.15) is 6.42 Å². The van der Waals surface area contributed by atoms with Gasteiger partial charge in [0.25, 0.3) is 0 Å². The highest BCUT2D eigenvalue weighted by Crippen LogP contribution is 2.20. The highest BCUT2D eigenvalue weighted by molar-refractivity contribution is 6.31. The number of halogens is 3. The van der Waals surface area contributed by atoms with Crippen molar-refractivity contribution < 1.29 is 18.4 Å². The Bertz CT molecular complexity index is 766. The van der Waals surface area contributed by atoms with E-state index in [0.29, 0.717) is 10.7 Å². The molecule has 0 aromatic heterocycles. The topological polar surface area (TPSA) is 58.2 Å². The molecule has 0 saturated heterocycles. The van der Waals surface area contributed by atoms with Crippen LogP contribution in [0, 0.1) is 18.6 Å². The minimum atomic E-state index is -1.08. The van der Waals surface area contributed by atoms with Crippen molar-refractivity contribution in [3.05, 3.63) is 58.6 Å². The molecule has 0 aliphatic carbocycles. The number of amides is 2. The lowest BCUT2D eigenvalue weighted by molar-refractivity contribution is -0.123. The molecule has 0 spiro atoms. The van der Waals surface area contributed by atoms with Gasteiger partial charge in [-0.05, 0) is 36.8 Å². The standard InChI is InChI=1S/C16H13ClF2N2O2/c1-9-2-3-10(17)6-14(9)21-16(23)8-15(22)20-11-4-5-12(18)13(19)7-11/h2-7H,8H2,1H3,(H,20,22)(H,21,23). The summed E-state index contributed by atoms with van der Waals surface area (Å²) in [5.41, 5.74) is 1.37. The summed E-state index contributed by atoms with van der Waals surface area (Å²) < 4.78 is 25.8. The first-order valence-electron chi connectivity index (χ1n) is 6.66. The van der Waals surface area contributed by atoms with Crippen LogP contribution in [0.3, 0.4) is 0 Å². The fourth-order valence-corrected chi connectivity index (χ4v) is 2.02. The maximum absolute atomic E-state index is 13.0. The largest absolute Gasteiger partial charge is 0.326 e. The van der Waals surface area contributed by atoms with Gasteiger partial charge in [-0.15, -0.1) is 0 Å². The molecule has 2 aromatic carbocycles. The van der Waals surface area contributed by atoms with Gasteiger partial charge in [0.05, 0.1) is 0 Å². The third-order valence-corrected chi connectivity index (χ3v) is 3.23. The molecule has 2 rings (SSSR count). The van der Waals surface area contributed by atoms with E-state index >= 15 is 0 Å². The quantitative estimate of drug-likeness (QED) is 0.831. The fourth-order valence-electron chi connectivity index (χ4n) is 1.85. The van der Waals surface area contributed by atoms with Crippen molar-refractivity contribution in [2.45, 2.75) is 13.3 Å². The zero-order valence-electron chi connectivity index (χ0n) is 12.1. The number of aryl methyl sites for hydroxylation is 1. The van der Waals surface area contributed by atoms with Crippen molar-refractivity contribution in [3.8, 4) is 0 Å². The van der Waals surface area contributed by atoms with Crippen LogP contribution in [0.15, 0.2) is 36.4 Å². The Morgan fingerprint density at radius 1 is 1.00 bits per heavy atom. The first-order valence-corrected chi connectivity index (χ1v) is 7.04. The summed E-state index contributed by atoms with van der Waals surface area (Å²) >= 11 is 5.84. The molecule has 0 atom stereocenters. The predicted molar refractivity (Wildman–Crippen MR) is 84.4 cm³/mol. The molecule has 2 aromatic rings. The van der Waals surface area contributed by atoms with E-state index in [0.717, 1.165) is 17.7 Å². The van der Waals surface area contributed by atoms with Gasteiger partial charge in [0.15, 0.2) is 11.6 Å². The Morgan fingerprint density at radius 2 is 1.70 bits per heavy atom. The molecule has 2 N–H and O–H groups in total. The monoisotopic (exact) mass is 338 g/mol. The van der Waals surface area contributed by atoms with Gasteiger partial charge in [-0.25, -0.2) is 8.78 Å². The number of nitrogens with one attached hydrogen (secondary N) is 2. The molecular weight excluding hydrogens is 326 g/mol. The van der Waals surface area contributed by atoms with E-state index in [1.54, 1.807) is 25.1 Å². The summed E-state index contributed by atoms with van der Waals surface area (Å²) in [4.78, 5) is 23.6. The van der Waals surface area contributed by atoms with Gasteiger partial charge in [0, 0.05) is 22.5 Å². The maximum Gasteiger partial charge on any atom is 0.233 e. The molecule has 7 heteroatoms. The zero-order valence-corrected chi connectivity index (χ0v) is 12.9. The Morgan fingerprint density at radius 3 is 2.39 bits per heavy atom. The molecule has 0 heterocycles. The highest BCUT2D eigenvalue weighted by Gasteiger charge is 2.12. The summed E-state index contributed by atoms with van der Waals surface area (Å²) in [5, 5.41) is 5.35. The number of rotatable bonds is 4. The van der Waals surface area contributed by atoms with Crippen molar-refractivity contribution in [1.29, 1.82) is 0 Å². The van der Waals surface area contributed by atoms with Crippen LogP contribution in [0.2, 0.25) is 5.02 Å². The molecule has 23 heavy (non-hydrogen) atoms. The second-order valence-corrected chi connectivity index (χ2v) is 5.30. The first kappa shape index (κ1) is 16.9. The number of hydrogen-bond donors (Lipinski definition) is 2. The summed E-state index contributed by atoms with van der Waals surface area (Å²) in [6.45, 7) is 1.79. The molecule has 0 aliphatic rings. The Hall–Kier alpha value is -2.47. The third kappa shape index (κ3) is 4.75. The second-order valence-electron chi connectivity index (χ2n) is 4.86.